The summed E-state index contributed by atoms with van der Waals surface area (Å²) in [6, 6.07) is 0.734. The summed E-state index contributed by atoms with van der Waals surface area (Å²) in [7, 11) is 2.17. The summed E-state index contributed by atoms with van der Waals surface area (Å²) >= 11 is 0. The van der Waals surface area contributed by atoms with E-state index in [-0.39, 0.29) is 0 Å². The standard InChI is InChI=1S/C19H39N/c1-7-9-10-16(8-2)14-19(4,5)17-12-11-15(3)13-18(17)20-6/h15-18,20H,7-14H2,1-6H3. The molecule has 20 heavy (non-hydrogen) atoms. The van der Waals surface area contributed by atoms with Crippen LogP contribution >= 0.6 is 0 Å². The van der Waals surface area contributed by atoms with E-state index in [1.165, 1.54) is 51.4 Å². The first-order chi connectivity index (χ1) is 9.44. The summed E-state index contributed by atoms with van der Waals surface area (Å²) in [6.07, 6.45) is 11.2. The van der Waals surface area contributed by atoms with E-state index in [1.807, 2.05) is 0 Å². The minimum Gasteiger partial charge on any atom is -0.317 e. The Kier molecular flexibility index (Phi) is 7.58. The molecule has 0 aromatic heterocycles. The Labute approximate surface area is 128 Å². The molecule has 4 unspecified atom stereocenters. The van der Waals surface area contributed by atoms with Crippen LogP contribution in [-0.2, 0) is 0 Å². The summed E-state index contributed by atoms with van der Waals surface area (Å²) in [4.78, 5) is 0. The molecule has 1 heteroatoms. The molecule has 1 nitrogen and oxygen atoms in total. The molecule has 1 aliphatic rings. The lowest BCUT2D eigenvalue weighted by Gasteiger charge is -2.45. The minimum absolute atomic E-state index is 0.488. The molecule has 0 aromatic rings. The molecule has 0 aromatic carbocycles. The van der Waals surface area contributed by atoms with Crippen molar-refractivity contribution in [2.75, 3.05) is 7.05 Å². The van der Waals surface area contributed by atoms with Gasteiger partial charge in [0.1, 0.15) is 0 Å². The van der Waals surface area contributed by atoms with E-state index in [4.69, 9.17) is 0 Å². The summed E-state index contributed by atoms with van der Waals surface area (Å²) in [5.41, 5.74) is 0.488. The zero-order valence-electron chi connectivity index (χ0n) is 15.0. The second-order valence-electron chi connectivity index (χ2n) is 8.03. The van der Waals surface area contributed by atoms with E-state index in [0.717, 1.165) is 23.8 Å². The maximum Gasteiger partial charge on any atom is 0.00999 e. The van der Waals surface area contributed by atoms with Crippen LogP contribution in [0.5, 0.6) is 0 Å². The molecule has 0 heterocycles. The third-order valence-corrected chi connectivity index (χ3v) is 5.85. The van der Waals surface area contributed by atoms with Gasteiger partial charge in [-0.05, 0) is 49.5 Å². The second kappa shape index (κ2) is 8.41. The molecule has 1 N–H and O–H groups in total. The second-order valence-corrected chi connectivity index (χ2v) is 8.03. The van der Waals surface area contributed by atoms with Crippen LogP contribution in [-0.4, -0.2) is 13.1 Å². The summed E-state index contributed by atoms with van der Waals surface area (Å²) in [5, 5.41) is 3.62. The van der Waals surface area contributed by atoms with Gasteiger partial charge in [0.05, 0.1) is 0 Å². The van der Waals surface area contributed by atoms with Gasteiger partial charge in [0.2, 0.25) is 0 Å². The van der Waals surface area contributed by atoms with Gasteiger partial charge in [-0.2, -0.15) is 0 Å². The van der Waals surface area contributed by atoms with Gasteiger partial charge in [-0.15, -0.1) is 0 Å². The van der Waals surface area contributed by atoms with E-state index in [2.05, 4.69) is 47.0 Å². The zero-order chi connectivity index (χ0) is 15.2. The lowest BCUT2D eigenvalue weighted by atomic mass is 9.63. The van der Waals surface area contributed by atoms with Crippen LogP contribution < -0.4 is 5.32 Å². The number of hydrogen-bond donors (Lipinski definition) is 1. The average molecular weight is 282 g/mol. The smallest absolute Gasteiger partial charge is 0.00999 e. The highest BCUT2D eigenvalue weighted by molar-refractivity contribution is 4.92. The van der Waals surface area contributed by atoms with E-state index < -0.39 is 0 Å². The molecule has 120 valence electrons. The summed E-state index contributed by atoms with van der Waals surface area (Å²) in [6.45, 7) is 12.2. The fraction of sp³-hybridized carbons (Fsp3) is 1.00. The van der Waals surface area contributed by atoms with Crippen molar-refractivity contribution in [3.63, 3.8) is 0 Å². The number of nitrogens with one attached hydrogen (secondary N) is 1. The van der Waals surface area contributed by atoms with Gasteiger partial charge in [-0.3, -0.25) is 0 Å². The van der Waals surface area contributed by atoms with Gasteiger partial charge in [0, 0.05) is 6.04 Å². The molecule has 0 bridgehead atoms. The Morgan fingerprint density at radius 2 is 1.90 bits per heavy atom. The topological polar surface area (TPSA) is 12.0 Å². The van der Waals surface area contributed by atoms with Crippen LogP contribution in [0.15, 0.2) is 0 Å². The fourth-order valence-electron chi connectivity index (χ4n) is 4.47. The quantitative estimate of drug-likeness (QED) is 0.607. The first kappa shape index (κ1) is 18.0. The molecule has 0 radical (unpaired) electrons. The average Bonchev–Trinajstić information content (AvgIpc) is 2.42. The van der Waals surface area contributed by atoms with Crippen LogP contribution in [0.3, 0.4) is 0 Å². The van der Waals surface area contributed by atoms with Gasteiger partial charge in [0.15, 0.2) is 0 Å². The van der Waals surface area contributed by atoms with Crippen LogP contribution in [0.1, 0.15) is 86.0 Å². The minimum atomic E-state index is 0.488. The van der Waals surface area contributed by atoms with Crippen LogP contribution in [0.2, 0.25) is 0 Å². The van der Waals surface area contributed by atoms with Gasteiger partial charge in [-0.25, -0.2) is 0 Å². The van der Waals surface area contributed by atoms with Crippen LogP contribution in [0, 0.1) is 23.2 Å². The van der Waals surface area contributed by atoms with E-state index >= 15 is 0 Å². The van der Waals surface area contributed by atoms with Gasteiger partial charge in [0.25, 0.3) is 0 Å². The maximum atomic E-state index is 3.62. The lowest BCUT2D eigenvalue weighted by Crippen LogP contribution is -2.46. The molecular formula is C19H39N. The SMILES string of the molecule is CCCCC(CC)CC(C)(C)C1CCC(C)CC1NC. The largest absolute Gasteiger partial charge is 0.317 e. The third kappa shape index (κ3) is 5.06. The normalized spacial score (nSPS) is 29.4. The van der Waals surface area contributed by atoms with Crippen LogP contribution in [0.25, 0.3) is 0 Å². The van der Waals surface area contributed by atoms with Crippen molar-refractivity contribution in [2.24, 2.45) is 23.2 Å². The van der Waals surface area contributed by atoms with Crippen molar-refractivity contribution in [3.05, 3.63) is 0 Å². The number of hydrogen-bond acceptors (Lipinski definition) is 1. The van der Waals surface area contributed by atoms with E-state index in [9.17, 15) is 0 Å². The van der Waals surface area contributed by atoms with Crippen molar-refractivity contribution in [3.8, 4) is 0 Å². The first-order valence-electron chi connectivity index (χ1n) is 9.11. The van der Waals surface area contributed by atoms with Crippen molar-refractivity contribution in [2.45, 2.75) is 92.0 Å². The third-order valence-electron chi connectivity index (χ3n) is 5.85. The lowest BCUT2D eigenvalue weighted by molar-refractivity contribution is 0.0723. The molecule has 0 aliphatic heterocycles. The highest BCUT2D eigenvalue weighted by Crippen LogP contribution is 2.44. The van der Waals surface area contributed by atoms with E-state index in [1.54, 1.807) is 0 Å². The maximum absolute atomic E-state index is 3.62. The van der Waals surface area contributed by atoms with Crippen molar-refractivity contribution in [1.29, 1.82) is 0 Å². The first-order valence-corrected chi connectivity index (χ1v) is 9.11. The van der Waals surface area contributed by atoms with Gasteiger partial charge in [-0.1, -0.05) is 66.7 Å². The Morgan fingerprint density at radius 3 is 2.45 bits per heavy atom. The zero-order valence-corrected chi connectivity index (χ0v) is 15.0. The molecule has 0 spiro atoms. The molecule has 4 atom stereocenters. The van der Waals surface area contributed by atoms with Crippen LogP contribution in [0.4, 0.5) is 0 Å². The predicted octanol–water partition coefficient (Wildman–Crippen LogP) is 5.64. The van der Waals surface area contributed by atoms with Crippen molar-refractivity contribution < 1.29 is 0 Å². The molecule has 1 saturated carbocycles. The highest BCUT2D eigenvalue weighted by atomic mass is 14.9. The van der Waals surface area contributed by atoms with Crippen molar-refractivity contribution >= 4 is 0 Å². The Hall–Kier alpha value is -0.0400. The summed E-state index contributed by atoms with van der Waals surface area (Å²) in [5.74, 6) is 2.70. The van der Waals surface area contributed by atoms with E-state index in [0.29, 0.717) is 5.41 Å². The Bertz CT molecular complexity index is 258. The fourth-order valence-corrected chi connectivity index (χ4v) is 4.47. The van der Waals surface area contributed by atoms with Gasteiger partial charge < -0.3 is 5.32 Å². The molecule has 1 aliphatic carbocycles. The molecule has 1 rings (SSSR count). The van der Waals surface area contributed by atoms with Crippen molar-refractivity contribution in [1.82, 2.24) is 5.32 Å². The Morgan fingerprint density at radius 1 is 1.20 bits per heavy atom. The monoisotopic (exact) mass is 281 g/mol. The molecule has 0 saturated heterocycles. The number of rotatable bonds is 8. The molecule has 1 fully saturated rings. The summed E-state index contributed by atoms with van der Waals surface area (Å²) < 4.78 is 0. The molecule has 0 amide bonds. The number of unbranched alkanes of at least 4 members (excludes halogenated alkanes) is 1. The Balaban J connectivity index is 2.64. The van der Waals surface area contributed by atoms with Gasteiger partial charge >= 0.3 is 0 Å². The molecular weight excluding hydrogens is 242 g/mol. The predicted molar refractivity (Wildman–Crippen MR) is 91.1 cm³/mol. The highest BCUT2D eigenvalue weighted by Gasteiger charge is 2.39.